The van der Waals surface area contributed by atoms with Gasteiger partial charge < -0.3 is 10.1 Å². The molecule has 0 spiro atoms. The molecule has 2 nitrogen and oxygen atoms in total. The predicted octanol–water partition coefficient (Wildman–Crippen LogP) is 4.31. The molecule has 1 atom stereocenters. The van der Waals surface area contributed by atoms with Gasteiger partial charge in [-0.2, -0.15) is 0 Å². The lowest BCUT2D eigenvalue weighted by Crippen LogP contribution is -2.24. The first-order chi connectivity index (χ1) is 9.63. The van der Waals surface area contributed by atoms with Gasteiger partial charge in [-0.1, -0.05) is 18.2 Å². The molecule has 20 heavy (non-hydrogen) atoms. The van der Waals surface area contributed by atoms with E-state index < -0.39 is 0 Å². The van der Waals surface area contributed by atoms with Crippen molar-refractivity contribution in [2.75, 3.05) is 11.9 Å². The monoisotopic (exact) mass is 335 g/mol. The summed E-state index contributed by atoms with van der Waals surface area (Å²) < 4.78 is 19.9. The predicted molar refractivity (Wildman–Crippen MR) is 81.9 cm³/mol. The maximum absolute atomic E-state index is 13.6. The standard InChI is InChI=1S/C16H15BrFNO/c1-10-6-13(17)14(18)8-15(10)19-9-12-7-11-4-2-3-5-16(11)20-12/h2-6,8,12,19H,7,9H2,1H3. The molecule has 0 saturated heterocycles. The van der Waals surface area contributed by atoms with Gasteiger partial charge in [-0.3, -0.25) is 0 Å². The largest absolute Gasteiger partial charge is 0.488 e. The number of fused-ring (bicyclic) bond motifs is 1. The molecule has 0 saturated carbocycles. The van der Waals surface area contributed by atoms with Crippen molar-refractivity contribution in [1.29, 1.82) is 0 Å². The molecule has 0 bridgehead atoms. The number of ether oxygens (including phenoxy) is 1. The molecule has 4 heteroatoms. The molecule has 3 rings (SSSR count). The minimum atomic E-state index is -0.256. The van der Waals surface area contributed by atoms with Gasteiger partial charge in [-0.15, -0.1) is 0 Å². The van der Waals surface area contributed by atoms with Crippen LogP contribution in [0.2, 0.25) is 0 Å². The summed E-state index contributed by atoms with van der Waals surface area (Å²) in [5, 5.41) is 3.27. The summed E-state index contributed by atoms with van der Waals surface area (Å²) in [6, 6.07) is 11.4. The molecule has 2 aromatic carbocycles. The van der Waals surface area contributed by atoms with Crippen LogP contribution in [0.25, 0.3) is 0 Å². The van der Waals surface area contributed by atoms with Crippen molar-refractivity contribution in [2.24, 2.45) is 0 Å². The third-order valence-corrected chi connectivity index (χ3v) is 4.11. The molecule has 104 valence electrons. The van der Waals surface area contributed by atoms with E-state index in [0.29, 0.717) is 11.0 Å². The van der Waals surface area contributed by atoms with E-state index in [4.69, 9.17) is 4.74 Å². The average Bonchev–Trinajstić information content (AvgIpc) is 2.84. The highest BCUT2D eigenvalue weighted by molar-refractivity contribution is 9.10. The van der Waals surface area contributed by atoms with Crippen molar-refractivity contribution in [2.45, 2.75) is 19.4 Å². The van der Waals surface area contributed by atoms with Crippen LogP contribution >= 0.6 is 15.9 Å². The Kier molecular flexibility index (Phi) is 3.66. The fraction of sp³-hybridized carbons (Fsp3) is 0.250. The Morgan fingerprint density at radius 3 is 2.95 bits per heavy atom. The van der Waals surface area contributed by atoms with Gasteiger partial charge >= 0.3 is 0 Å². The Labute approximate surface area is 126 Å². The Morgan fingerprint density at radius 2 is 2.15 bits per heavy atom. The quantitative estimate of drug-likeness (QED) is 0.902. The van der Waals surface area contributed by atoms with Crippen LogP contribution in [0.1, 0.15) is 11.1 Å². The molecule has 0 radical (unpaired) electrons. The van der Waals surface area contributed by atoms with Gasteiger partial charge in [-0.25, -0.2) is 4.39 Å². The normalized spacial score (nSPS) is 16.6. The second-order valence-corrected chi connectivity index (χ2v) is 5.87. The van der Waals surface area contributed by atoms with Gasteiger partial charge in [0.05, 0.1) is 11.0 Å². The van der Waals surface area contributed by atoms with Crippen molar-refractivity contribution in [1.82, 2.24) is 0 Å². The molecule has 1 heterocycles. The number of halogens is 2. The molecule has 2 aromatic rings. The third-order valence-electron chi connectivity index (χ3n) is 3.50. The molecule has 0 aromatic heterocycles. The minimum Gasteiger partial charge on any atom is -0.488 e. The first kappa shape index (κ1) is 13.4. The fourth-order valence-corrected chi connectivity index (χ4v) is 2.89. The van der Waals surface area contributed by atoms with Crippen molar-refractivity contribution < 1.29 is 9.13 Å². The van der Waals surface area contributed by atoms with Crippen molar-refractivity contribution in [3.05, 3.63) is 57.8 Å². The molecule has 1 aliphatic heterocycles. The molecule has 0 amide bonds. The highest BCUT2D eigenvalue weighted by atomic mass is 79.9. The van der Waals surface area contributed by atoms with E-state index in [2.05, 4.69) is 27.3 Å². The summed E-state index contributed by atoms with van der Waals surface area (Å²) in [6.45, 7) is 2.62. The Hall–Kier alpha value is -1.55. The molecule has 1 aliphatic rings. The molecule has 1 unspecified atom stereocenters. The van der Waals surface area contributed by atoms with E-state index in [0.717, 1.165) is 23.4 Å². The first-order valence-electron chi connectivity index (χ1n) is 6.57. The summed E-state index contributed by atoms with van der Waals surface area (Å²) in [4.78, 5) is 0. The van der Waals surface area contributed by atoms with Gasteiger partial charge in [0, 0.05) is 12.1 Å². The lowest BCUT2D eigenvalue weighted by Gasteiger charge is -2.15. The highest BCUT2D eigenvalue weighted by Crippen LogP contribution is 2.29. The zero-order valence-corrected chi connectivity index (χ0v) is 12.7. The Bertz CT molecular complexity index is 619. The van der Waals surface area contributed by atoms with E-state index in [1.807, 2.05) is 25.1 Å². The number of nitrogens with one attached hydrogen (secondary N) is 1. The third kappa shape index (κ3) is 2.66. The lowest BCUT2D eigenvalue weighted by molar-refractivity contribution is 0.246. The fourth-order valence-electron chi connectivity index (χ4n) is 2.43. The van der Waals surface area contributed by atoms with Crippen LogP contribution < -0.4 is 10.1 Å². The minimum absolute atomic E-state index is 0.0958. The smallest absolute Gasteiger partial charge is 0.139 e. The van der Waals surface area contributed by atoms with E-state index in [1.165, 1.54) is 11.6 Å². The van der Waals surface area contributed by atoms with Gasteiger partial charge in [0.15, 0.2) is 0 Å². The van der Waals surface area contributed by atoms with Gasteiger partial charge in [0.1, 0.15) is 17.7 Å². The average molecular weight is 336 g/mol. The van der Waals surface area contributed by atoms with Crippen LogP contribution in [-0.4, -0.2) is 12.6 Å². The maximum atomic E-state index is 13.6. The SMILES string of the molecule is Cc1cc(Br)c(F)cc1NCC1Cc2ccccc2O1. The van der Waals surface area contributed by atoms with Gasteiger partial charge in [0.2, 0.25) is 0 Å². The zero-order valence-electron chi connectivity index (χ0n) is 11.1. The number of benzene rings is 2. The molecule has 1 N–H and O–H groups in total. The first-order valence-corrected chi connectivity index (χ1v) is 7.37. The Balaban J connectivity index is 1.66. The lowest BCUT2D eigenvalue weighted by atomic mass is 10.1. The van der Waals surface area contributed by atoms with Crippen LogP contribution in [0.15, 0.2) is 40.9 Å². The second kappa shape index (κ2) is 5.44. The van der Waals surface area contributed by atoms with Crippen LogP contribution in [-0.2, 0) is 6.42 Å². The molecular formula is C16H15BrFNO. The second-order valence-electron chi connectivity index (χ2n) is 5.01. The Morgan fingerprint density at radius 1 is 1.35 bits per heavy atom. The number of anilines is 1. The maximum Gasteiger partial charge on any atom is 0.139 e. The van der Waals surface area contributed by atoms with E-state index in [-0.39, 0.29) is 11.9 Å². The van der Waals surface area contributed by atoms with Crippen molar-refractivity contribution in [3.63, 3.8) is 0 Å². The number of hydrogen-bond acceptors (Lipinski definition) is 2. The molecular weight excluding hydrogens is 321 g/mol. The van der Waals surface area contributed by atoms with Crippen molar-refractivity contribution in [3.8, 4) is 5.75 Å². The van der Waals surface area contributed by atoms with Crippen LogP contribution in [0, 0.1) is 12.7 Å². The van der Waals surface area contributed by atoms with Crippen LogP contribution in [0.3, 0.4) is 0 Å². The van der Waals surface area contributed by atoms with Gasteiger partial charge in [-0.05, 0) is 52.2 Å². The number of aryl methyl sites for hydroxylation is 1. The topological polar surface area (TPSA) is 21.3 Å². The van der Waals surface area contributed by atoms with Gasteiger partial charge in [0.25, 0.3) is 0 Å². The summed E-state index contributed by atoms with van der Waals surface area (Å²) in [5.41, 5.74) is 3.05. The molecule has 0 fully saturated rings. The van der Waals surface area contributed by atoms with E-state index >= 15 is 0 Å². The summed E-state index contributed by atoms with van der Waals surface area (Å²) in [7, 11) is 0. The summed E-state index contributed by atoms with van der Waals surface area (Å²) >= 11 is 3.19. The summed E-state index contributed by atoms with van der Waals surface area (Å²) in [5.74, 6) is 0.701. The number of rotatable bonds is 3. The van der Waals surface area contributed by atoms with E-state index in [1.54, 1.807) is 6.07 Å². The number of para-hydroxylation sites is 1. The highest BCUT2D eigenvalue weighted by Gasteiger charge is 2.22. The molecule has 0 aliphatic carbocycles. The van der Waals surface area contributed by atoms with E-state index in [9.17, 15) is 4.39 Å². The number of hydrogen-bond donors (Lipinski definition) is 1. The zero-order chi connectivity index (χ0) is 14.1. The van der Waals surface area contributed by atoms with Crippen molar-refractivity contribution >= 4 is 21.6 Å². The summed E-state index contributed by atoms with van der Waals surface area (Å²) in [6.07, 6.45) is 0.986. The van der Waals surface area contributed by atoms with Crippen LogP contribution in [0.4, 0.5) is 10.1 Å². The van der Waals surface area contributed by atoms with Crippen LogP contribution in [0.5, 0.6) is 5.75 Å².